The molecule has 2 N–H and O–H groups in total. The fraction of sp³-hybridized carbons (Fsp3) is 0.176. The summed E-state index contributed by atoms with van der Waals surface area (Å²) in [6, 6.07) is 13.6. The van der Waals surface area contributed by atoms with Crippen LogP contribution in [0.3, 0.4) is 0 Å². The molecule has 0 saturated heterocycles. The quantitative estimate of drug-likeness (QED) is 0.738. The van der Waals surface area contributed by atoms with E-state index in [4.69, 9.17) is 21.8 Å². The number of fused-ring (bicyclic) bond motifs is 1. The number of hydrogen-bond acceptors (Lipinski definition) is 2. The van der Waals surface area contributed by atoms with Gasteiger partial charge in [0.05, 0.1) is 6.04 Å². The molecule has 2 nitrogen and oxygen atoms in total. The Kier molecular flexibility index (Phi) is 3.28. The molecule has 0 aliphatic heterocycles. The summed E-state index contributed by atoms with van der Waals surface area (Å²) < 4.78 is 5.84. The Morgan fingerprint density at radius 2 is 1.70 bits per heavy atom. The zero-order valence-electron chi connectivity index (χ0n) is 11.5. The highest BCUT2D eigenvalue weighted by atomic mass is 35.5. The predicted octanol–water partition coefficient (Wildman–Crippen LogP) is 4.75. The molecule has 0 aliphatic rings. The number of rotatable bonds is 2. The first-order valence-electron chi connectivity index (χ1n) is 6.56. The second-order valence-electron chi connectivity index (χ2n) is 5.23. The third kappa shape index (κ3) is 2.45. The van der Waals surface area contributed by atoms with Crippen LogP contribution in [0.15, 0.2) is 46.9 Å². The van der Waals surface area contributed by atoms with Crippen LogP contribution in [0.25, 0.3) is 11.0 Å². The van der Waals surface area contributed by atoms with E-state index in [1.54, 1.807) is 0 Å². The van der Waals surface area contributed by atoms with Crippen molar-refractivity contribution in [3.63, 3.8) is 0 Å². The highest BCUT2D eigenvalue weighted by Crippen LogP contribution is 2.29. The van der Waals surface area contributed by atoms with Gasteiger partial charge in [0.25, 0.3) is 0 Å². The summed E-state index contributed by atoms with van der Waals surface area (Å²) in [5, 5.41) is 1.68. The lowest BCUT2D eigenvalue weighted by Gasteiger charge is -2.11. The first-order valence-corrected chi connectivity index (χ1v) is 6.93. The molecule has 102 valence electrons. The standard InChI is InChI=1S/C17H16ClNO/c1-10-5-11(2)7-13(6-10)17(19)16-9-12-8-14(18)3-4-15(12)20-16/h3-9,17H,19H2,1-2H3. The minimum absolute atomic E-state index is 0.264. The van der Waals surface area contributed by atoms with Gasteiger partial charge < -0.3 is 10.2 Å². The predicted molar refractivity (Wildman–Crippen MR) is 83.2 cm³/mol. The molecule has 3 aromatic rings. The normalized spacial score (nSPS) is 12.8. The van der Waals surface area contributed by atoms with E-state index in [1.165, 1.54) is 11.1 Å². The molecular formula is C17H16ClNO. The Bertz CT molecular complexity index is 756. The molecule has 0 spiro atoms. The van der Waals surface area contributed by atoms with Gasteiger partial charge in [-0.05, 0) is 43.7 Å². The van der Waals surface area contributed by atoms with Gasteiger partial charge in [-0.15, -0.1) is 0 Å². The Morgan fingerprint density at radius 3 is 2.40 bits per heavy atom. The zero-order valence-corrected chi connectivity index (χ0v) is 12.2. The van der Waals surface area contributed by atoms with Crippen molar-refractivity contribution in [2.45, 2.75) is 19.9 Å². The lowest BCUT2D eigenvalue weighted by atomic mass is 10.0. The zero-order chi connectivity index (χ0) is 14.3. The SMILES string of the molecule is Cc1cc(C)cc(C(N)c2cc3cc(Cl)ccc3o2)c1. The van der Waals surface area contributed by atoms with Crippen molar-refractivity contribution in [1.29, 1.82) is 0 Å². The van der Waals surface area contributed by atoms with E-state index in [0.717, 1.165) is 22.3 Å². The lowest BCUT2D eigenvalue weighted by Crippen LogP contribution is -2.11. The van der Waals surface area contributed by atoms with Crippen molar-refractivity contribution in [2.24, 2.45) is 5.73 Å². The minimum atomic E-state index is -0.264. The maximum Gasteiger partial charge on any atom is 0.134 e. The minimum Gasteiger partial charge on any atom is -0.459 e. The molecule has 0 aliphatic carbocycles. The van der Waals surface area contributed by atoms with Gasteiger partial charge in [-0.3, -0.25) is 0 Å². The highest BCUT2D eigenvalue weighted by Gasteiger charge is 2.15. The van der Waals surface area contributed by atoms with Gasteiger partial charge in [0.1, 0.15) is 11.3 Å². The first-order chi connectivity index (χ1) is 9.52. The molecule has 0 amide bonds. The molecule has 3 rings (SSSR count). The van der Waals surface area contributed by atoms with Crippen LogP contribution in [0.5, 0.6) is 0 Å². The van der Waals surface area contributed by atoms with E-state index in [0.29, 0.717) is 5.02 Å². The van der Waals surface area contributed by atoms with E-state index in [2.05, 4.69) is 32.0 Å². The summed E-state index contributed by atoms with van der Waals surface area (Å²) in [5.41, 5.74) is 10.6. The van der Waals surface area contributed by atoms with Crippen LogP contribution in [-0.2, 0) is 0 Å². The third-order valence-electron chi connectivity index (χ3n) is 3.41. The number of furan rings is 1. The number of hydrogen-bond donors (Lipinski definition) is 1. The fourth-order valence-corrected chi connectivity index (χ4v) is 2.72. The molecule has 0 bridgehead atoms. The van der Waals surface area contributed by atoms with Gasteiger partial charge in [-0.2, -0.15) is 0 Å². The molecule has 1 aromatic heterocycles. The second-order valence-corrected chi connectivity index (χ2v) is 5.67. The van der Waals surface area contributed by atoms with Crippen molar-refractivity contribution >= 4 is 22.6 Å². The van der Waals surface area contributed by atoms with Gasteiger partial charge in [-0.25, -0.2) is 0 Å². The van der Waals surface area contributed by atoms with Crippen LogP contribution in [0.2, 0.25) is 5.02 Å². The lowest BCUT2D eigenvalue weighted by molar-refractivity contribution is 0.525. The molecular weight excluding hydrogens is 270 g/mol. The third-order valence-corrected chi connectivity index (χ3v) is 3.64. The van der Waals surface area contributed by atoms with Gasteiger partial charge in [0, 0.05) is 10.4 Å². The fourth-order valence-electron chi connectivity index (χ4n) is 2.54. The Morgan fingerprint density at radius 1 is 1.00 bits per heavy atom. The van der Waals surface area contributed by atoms with E-state index >= 15 is 0 Å². The summed E-state index contributed by atoms with van der Waals surface area (Å²) in [5.74, 6) is 0.757. The van der Waals surface area contributed by atoms with Gasteiger partial charge in [0.2, 0.25) is 0 Å². The Labute approximate surface area is 123 Å². The molecule has 1 unspecified atom stereocenters. The van der Waals surface area contributed by atoms with Crippen molar-refractivity contribution in [1.82, 2.24) is 0 Å². The van der Waals surface area contributed by atoms with Crippen molar-refractivity contribution < 1.29 is 4.42 Å². The van der Waals surface area contributed by atoms with E-state index in [9.17, 15) is 0 Å². The van der Waals surface area contributed by atoms with Crippen LogP contribution in [0.4, 0.5) is 0 Å². The van der Waals surface area contributed by atoms with Crippen LogP contribution in [0.1, 0.15) is 28.5 Å². The van der Waals surface area contributed by atoms with Crippen LogP contribution in [0, 0.1) is 13.8 Å². The number of aryl methyl sites for hydroxylation is 2. The number of benzene rings is 2. The molecule has 1 atom stereocenters. The molecule has 1 heterocycles. The number of nitrogens with two attached hydrogens (primary N) is 1. The number of halogens is 1. The topological polar surface area (TPSA) is 39.2 Å². The molecule has 0 fully saturated rings. The summed E-state index contributed by atoms with van der Waals surface area (Å²) in [6.45, 7) is 4.14. The summed E-state index contributed by atoms with van der Waals surface area (Å²) in [7, 11) is 0. The average molecular weight is 286 g/mol. The molecule has 3 heteroatoms. The van der Waals surface area contributed by atoms with Crippen molar-refractivity contribution in [3.05, 3.63) is 69.9 Å². The van der Waals surface area contributed by atoms with Crippen LogP contribution >= 0.6 is 11.6 Å². The Balaban J connectivity index is 2.05. The smallest absolute Gasteiger partial charge is 0.134 e. The van der Waals surface area contributed by atoms with Crippen LogP contribution < -0.4 is 5.73 Å². The monoisotopic (exact) mass is 285 g/mol. The largest absolute Gasteiger partial charge is 0.459 e. The molecule has 0 saturated carbocycles. The second kappa shape index (κ2) is 4.97. The van der Waals surface area contributed by atoms with E-state index in [-0.39, 0.29) is 6.04 Å². The Hall–Kier alpha value is -1.77. The summed E-state index contributed by atoms with van der Waals surface area (Å²) in [4.78, 5) is 0. The first kappa shape index (κ1) is 13.2. The van der Waals surface area contributed by atoms with Gasteiger partial charge in [0.15, 0.2) is 0 Å². The van der Waals surface area contributed by atoms with E-state index < -0.39 is 0 Å². The molecule has 2 aromatic carbocycles. The van der Waals surface area contributed by atoms with Gasteiger partial charge >= 0.3 is 0 Å². The van der Waals surface area contributed by atoms with Gasteiger partial charge in [-0.1, -0.05) is 40.9 Å². The van der Waals surface area contributed by atoms with Crippen LogP contribution in [-0.4, -0.2) is 0 Å². The molecule has 0 radical (unpaired) electrons. The highest BCUT2D eigenvalue weighted by molar-refractivity contribution is 6.31. The van der Waals surface area contributed by atoms with Crippen molar-refractivity contribution in [2.75, 3.05) is 0 Å². The maximum absolute atomic E-state index is 6.33. The summed E-state index contributed by atoms with van der Waals surface area (Å²) in [6.07, 6.45) is 0. The van der Waals surface area contributed by atoms with Crippen molar-refractivity contribution in [3.8, 4) is 0 Å². The maximum atomic E-state index is 6.33. The van der Waals surface area contributed by atoms with E-state index in [1.807, 2.05) is 24.3 Å². The molecule has 20 heavy (non-hydrogen) atoms. The average Bonchev–Trinajstić information content (AvgIpc) is 2.79. The summed E-state index contributed by atoms with van der Waals surface area (Å²) >= 11 is 5.99.